The number of rotatable bonds is 4. The van der Waals surface area contributed by atoms with E-state index in [4.69, 9.17) is 23.2 Å². The van der Waals surface area contributed by atoms with Crippen LogP contribution in [-0.4, -0.2) is 0 Å². The summed E-state index contributed by atoms with van der Waals surface area (Å²) in [5.41, 5.74) is 1.16. The molecule has 0 aliphatic carbocycles. The summed E-state index contributed by atoms with van der Waals surface area (Å²) in [5.74, 6) is 0. The molecule has 0 heterocycles. The second-order valence-electron chi connectivity index (χ2n) is 2.92. The zero-order chi connectivity index (χ0) is 9.68. The Kier molecular flexibility index (Phi) is 4.34. The van der Waals surface area contributed by atoms with Crippen LogP contribution in [0, 0.1) is 0 Å². The molecule has 2 heteroatoms. The van der Waals surface area contributed by atoms with Crippen molar-refractivity contribution in [3.05, 3.63) is 46.5 Å². The minimum absolute atomic E-state index is 0.692. The molecule has 0 fully saturated rings. The maximum Gasteiger partial charge on any atom is 0.0452 e. The molecule has 0 aromatic heterocycles. The van der Waals surface area contributed by atoms with Crippen molar-refractivity contribution in [3.8, 4) is 0 Å². The highest BCUT2D eigenvalue weighted by Crippen LogP contribution is 2.22. The first-order valence-corrected chi connectivity index (χ1v) is 5.04. The third-order valence-electron chi connectivity index (χ3n) is 1.87. The normalized spacial score (nSPS) is 10.0. The first kappa shape index (κ1) is 10.6. The average molecular weight is 215 g/mol. The summed E-state index contributed by atoms with van der Waals surface area (Å²) < 4.78 is 0. The molecule has 13 heavy (non-hydrogen) atoms. The van der Waals surface area contributed by atoms with E-state index in [1.807, 2.05) is 18.2 Å². The van der Waals surface area contributed by atoms with E-state index in [-0.39, 0.29) is 0 Å². The molecule has 0 atom stereocenters. The van der Waals surface area contributed by atoms with E-state index < -0.39 is 0 Å². The molecule has 0 nitrogen and oxygen atoms in total. The highest BCUT2D eigenvalue weighted by Gasteiger charge is 1.99. The number of hydrogen-bond acceptors (Lipinski definition) is 0. The first-order chi connectivity index (χ1) is 6.24. The molecule has 0 radical (unpaired) electrons. The van der Waals surface area contributed by atoms with Crippen LogP contribution in [0.4, 0.5) is 0 Å². The Morgan fingerprint density at radius 3 is 2.69 bits per heavy atom. The lowest BCUT2D eigenvalue weighted by atomic mass is 10.1. The SMILES string of the molecule is C=CCCCc1ccc(Cl)cc1Cl. The summed E-state index contributed by atoms with van der Waals surface area (Å²) in [6.07, 6.45) is 5.02. The van der Waals surface area contributed by atoms with Gasteiger partial charge in [-0.25, -0.2) is 0 Å². The molecular formula is C11H12Cl2. The number of unbranched alkanes of at least 4 members (excludes halogenated alkanes) is 1. The summed E-state index contributed by atoms with van der Waals surface area (Å²) in [6, 6.07) is 5.64. The predicted octanol–water partition coefficient (Wildman–Crippen LogP) is 4.50. The quantitative estimate of drug-likeness (QED) is 0.512. The van der Waals surface area contributed by atoms with Gasteiger partial charge in [0.15, 0.2) is 0 Å². The molecule has 0 amide bonds. The van der Waals surface area contributed by atoms with E-state index in [9.17, 15) is 0 Å². The Hall–Kier alpha value is -0.460. The van der Waals surface area contributed by atoms with E-state index in [2.05, 4.69) is 6.58 Å². The average Bonchev–Trinajstić information content (AvgIpc) is 2.09. The highest BCUT2D eigenvalue weighted by atomic mass is 35.5. The molecule has 1 aromatic rings. The molecule has 0 aliphatic heterocycles. The molecule has 70 valence electrons. The van der Waals surface area contributed by atoms with Crippen molar-refractivity contribution in [2.75, 3.05) is 0 Å². The minimum atomic E-state index is 0.692. The van der Waals surface area contributed by atoms with Gasteiger partial charge in [0, 0.05) is 10.0 Å². The standard InChI is InChI=1S/C11H12Cl2/c1-2-3-4-5-9-6-7-10(12)8-11(9)13/h2,6-8H,1,3-5H2. The minimum Gasteiger partial charge on any atom is -0.103 e. The second kappa shape index (κ2) is 5.31. The number of hydrogen-bond donors (Lipinski definition) is 0. The van der Waals surface area contributed by atoms with Crippen LogP contribution in [-0.2, 0) is 6.42 Å². The molecule has 1 aromatic carbocycles. The van der Waals surface area contributed by atoms with Gasteiger partial charge in [0.1, 0.15) is 0 Å². The lowest BCUT2D eigenvalue weighted by Crippen LogP contribution is -1.85. The molecule has 1 rings (SSSR count). The van der Waals surface area contributed by atoms with Crippen LogP contribution >= 0.6 is 23.2 Å². The van der Waals surface area contributed by atoms with Gasteiger partial charge in [-0.15, -0.1) is 6.58 Å². The van der Waals surface area contributed by atoms with E-state index in [1.54, 1.807) is 6.07 Å². The van der Waals surface area contributed by atoms with Crippen LogP contribution in [0.1, 0.15) is 18.4 Å². The number of aryl methyl sites for hydroxylation is 1. The van der Waals surface area contributed by atoms with Crippen molar-refractivity contribution in [2.24, 2.45) is 0 Å². The maximum atomic E-state index is 6.00. The predicted molar refractivity (Wildman–Crippen MR) is 59.6 cm³/mol. The molecule has 0 aliphatic rings. The zero-order valence-corrected chi connectivity index (χ0v) is 8.91. The van der Waals surface area contributed by atoms with Crippen molar-refractivity contribution in [1.29, 1.82) is 0 Å². The molecule has 0 bridgehead atoms. The van der Waals surface area contributed by atoms with Crippen molar-refractivity contribution >= 4 is 23.2 Å². The largest absolute Gasteiger partial charge is 0.103 e. The van der Waals surface area contributed by atoms with Gasteiger partial charge in [-0.2, -0.15) is 0 Å². The van der Waals surface area contributed by atoms with E-state index in [0.717, 1.165) is 29.8 Å². The fourth-order valence-electron chi connectivity index (χ4n) is 1.16. The summed E-state index contributed by atoms with van der Waals surface area (Å²) in [4.78, 5) is 0. The van der Waals surface area contributed by atoms with Gasteiger partial charge in [0.2, 0.25) is 0 Å². The molecule has 0 saturated heterocycles. The Balaban J connectivity index is 2.61. The van der Waals surface area contributed by atoms with Crippen LogP contribution in [0.15, 0.2) is 30.9 Å². The second-order valence-corrected chi connectivity index (χ2v) is 3.76. The van der Waals surface area contributed by atoms with Gasteiger partial charge in [0.05, 0.1) is 0 Å². The van der Waals surface area contributed by atoms with E-state index in [1.165, 1.54) is 0 Å². The topological polar surface area (TPSA) is 0 Å². The van der Waals surface area contributed by atoms with Crippen LogP contribution in [0.5, 0.6) is 0 Å². The van der Waals surface area contributed by atoms with Crippen LogP contribution in [0.25, 0.3) is 0 Å². The Morgan fingerprint density at radius 2 is 2.08 bits per heavy atom. The Morgan fingerprint density at radius 1 is 1.31 bits per heavy atom. The lowest BCUT2D eigenvalue weighted by Gasteiger charge is -2.02. The van der Waals surface area contributed by atoms with Gasteiger partial charge >= 0.3 is 0 Å². The first-order valence-electron chi connectivity index (χ1n) is 4.29. The summed E-state index contributed by atoms with van der Waals surface area (Å²) in [7, 11) is 0. The Bertz CT molecular complexity index is 292. The fourth-order valence-corrected chi connectivity index (χ4v) is 1.66. The van der Waals surface area contributed by atoms with Gasteiger partial charge in [-0.05, 0) is 37.0 Å². The van der Waals surface area contributed by atoms with Gasteiger partial charge in [-0.1, -0.05) is 35.3 Å². The number of halogens is 2. The van der Waals surface area contributed by atoms with E-state index in [0.29, 0.717) is 5.02 Å². The fraction of sp³-hybridized carbons (Fsp3) is 0.273. The van der Waals surface area contributed by atoms with Crippen molar-refractivity contribution in [2.45, 2.75) is 19.3 Å². The molecule has 0 N–H and O–H groups in total. The lowest BCUT2D eigenvalue weighted by molar-refractivity contribution is 0.844. The van der Waals surface area contributed by atoms with Crippen LogP contribution in [0.2, 0.25) is 10.0 Å². The molecule has 0 spiro atoms. The smallest absolute Gasteiger partial charge is 0.0452 e. The summed E-state index contributed by atoms with van der Waals surface area (Å²) in [6.45, 7) is 3.67. The molecule has 0 saturated carbocycles. The summed E-state index contributed by atoms with van der Waals surface area (Å²) in [5, 5.41) is 1.45. The van der Waals surface area contributed by atoms with Crippen molar-refractivity contribution < 1.29 is 0 Å². The van der Waals surface area contributed by atoms with Crippen molar-refractivity contribution in [1.82, 2.24) is 0 Å². The third-order valence-corrected chi connectivity index (χ3v) is 2.46. The third kappa shape index (κ3) is 3.41. The van der Waals surface area contributed by atoms with Gasteiger partial charge in [-0.3, -0.25) is 0 Å². The zero-order valence-electron chi connectivity index (χ0n) is 7.39. The maximum absolute atomic E-state index is 6.00. The number of allylic oxidation sites excluding steroid dienone is 1. The van der Waals surface area contributed by atoms with Crippen molar-refractivity contribution in [3.63, 3.8) is 0 Å². The van der Waals surface area contributed by atoms with E-state index >= 15 is 0 Å². The van der Waals surface area contributed by atoms with Crippen LogP contribution in [0.3, 0.4) is 0 Å². The Labute approximate surface area is 89.2 Å². The van der Waals surface area contributed by atoms with Gasteiger partial charge < -0.3 is 0 Å². The van der Waals surface area contributed by atoms with Gasteiger partial charge in [0.25, 0.3) is 0 Å². The summed E-state index contributed by atoms with van der Waals surface area (Å²) >= 11 is 11.8. The number of benzene rings is 1. The molecule has 0 unspecified atom stereocenters. The van der Waals surface area contributed by atoms with Crippen LogP contribution < -0.4 is 0 Å². The highest BCUT2D eigenvalue weighted by molar-refractivity contribution is 6.35. The molecular weight excluding hydrogens is 203 g/mol. The monoisotopic (exact) mass is 214 g/mol.